The first-order valence-corrected chi connectivity index (χ1v) is 8.04. The molecule has 0 saturated heterocycles. The zero-order chi connectivity index (χ0) is 19.0. The van der Waals surface area contributed by atoms with Crippen LogP contribution in [0.5, 0.6) is 5.75 Å². The van der Waals surface area contributed by atoms with Crippen LogP contribution in [-0.4, -0.2) is 32.8 Å². The molecule has 0 radical (unpaired) electrons. The Morgan fingerprint density at radius 3 is 1.96 bits per heavy atom. The number of methoxy groups -OCH3 is 2. The van der Waals surface area contributed by atoms with E-state index < -0.39 is 23.8 Å². The first kappa shape index (κ1) is 20.6. The largest absolute Gasteiger partial charge is 0.493 e. The summed E-state index contributed by atoms with van der Waals surface area (Å²) < 4.78 is 15.2. The van der Waals surface area contributed by atoms with Crippen LogP contribution in [0.25, 0.3) is 0 Å². The summed E-state index contributed by atoms with van der Waals surface area (Å²) >= 11 is 0. The molecule has 1 aromatic rings. The Morgan fingerprint density at radius 1 is 1.04 bits per heavy atom. The molecular formula is C20H26O5. The van der Waals surface area contributed by atoms with Crippen molar-refractivity contribution in [3.8, 4) is 17.6 Å². The molecule has 0 N–H and O–H groups in total. The van der Waals surface area contributed by atoms with Gasteiger partial charge in [-0.05, 0) is 30.0 Å². The number of esters is 2. The minimum absolute atomic E-state index is 0.0513. The fraction of sp³-hybridized carbons (Fsp3) is 0.500. The van der Waals surface area contributed by atoms with E-state index in [9.17, 15) is 9.59 Å². The maximum atomic E-state index is 12.1. The monoisotopic (exact) mass is 346 g/mol. The number of hydrogen-bond acceptors (Lipinski definition) is 5. The highest BCUT2D eigenvalue weighted by atomic mass is 16.5. The van der Waals surface area contributed by atoms with Gasteiger partial charge in [-0.15, -0.1) is 5.92 Å². The van der Waals surface area contributed by atoms with E-state index in [1.807, 2.05) is 0 Å². The van der Waals surface area contributed by atoms with Crippen molar-refractivity contribution in [2.24, 2.45) is 11.3 Å². The predicted octanol–water partition coefficient (Wildman–Crippen LogP) is 3.18. The molecule has 0 amide bonds. The molecule has 0 aromatic heterocycles. The molecule has 0 saturated carbocycles. The van der Waals surface area contributed by atoms with E-state index in [0.717, 1.165) is 11.3 Å². The van der Waals surface area contributed by atoms with E-state index in [1.165, 1.54) is 14.2 Å². The molecule has 0 bridgehead atoms. The Kier molecular flexibility index (Phi) is 7.50. The Hall–Kier alpha value is -2.48. The summed E-state index contributed by atoms with van der Waals surface area (Å²) in [5, 5.41) is 0. The molecule has 1 unspecified atom stereocenters. The summed E-state index contributed by atoms with van der Waals surface area (Å²) in [6.07, 6.45) is 0. The number of carbonyl (C=O) groups excluding carboxylic acids is 2. The lowest BCUT2D eigenvalue weighted by molar-refractivity contribution is -0.159. The van der Waals surface area contributed by atoms with E-state index >= 15 is 0 Å². The van der Waals surface area contributed by atoms with Crippen molar-refractivity contribution in [2.75, 3.05) is 20.8 Å². The maximum absolute atomic E-state index is 12.1. The minimum atomic E-state index is -1.14. The van der Waals surface area contributed by atoms with Crippen molar-refractivity contribution in [3.63, 3.8) is 0 Å². The molecule has 0 aliphatic carbocycles. The molecule has 25 heavy (non-hydrogen) atoms. The van der Waals surface area contributed by atoms with Gasteiger partial charge >= 0.3 is 11.9 Å². The van der Waals surface area contributed by atoms with Gasteiger partial charge in [-0.25, -0.2) is 0 Å². The van der Waals surface area contributed by atoms with Gasteiger partial charge in [0.2, 0.25) is 0 Å². The third-order valence-electron chi connectivity index (χ3n) is 3.45. The highest BCUT2D eigenvalue weighted by Crippen LogP contribution is 2.28. The summed E-state index contributed by atoms with van der Waals surface area (Å²) in [5.74, 6) is 3.26. The van der Waals surface area contributed by atoms with Crippen LogP contribution in [0, 0.1) is 23.2 Å². The minimum Gasteiger partial charge on any atom is -0.493 e. The second-order valence-corrected chi connectivity index (χ2v) is 6.81. The van der Waals surface area contributed by atoms with Gasteiger partial charge < -0.3 is 14.2 Å². The SMILES string of the molecule is CC#CC(c1ccc(OCC(C)(C)C)cc1)C(C(=O)OC)C(=O)OC. The average Bonchev–Trinajstić information content (AvgIpc) is 2.58. The van der Waals surface area contributed by atoms with Gasteiger partial charge in [-0.2, -0.15) is 0 Å². The van der Waals surface area contributed by atoms with Gasteiger partial charge in [-0.3, -0.25) is 9.59 Å². The van der Waals surface area contributed by atoms with Gasteiger partial charge in [-0.1, -0.05) is 38.8 Å². The Bertz CT molecular complexity index is 627. The Morgan fingerprint density at radius 2 is 1.56 bits per heavy atom. The lowest BCUT2D eigenvalue weighted by Gasteiger charge is -2.21. The highest BCUT2D eigenvalue weighted by molar-refractivity contribution is 5.96. The van der Waals surface area contributed by atoms with Crippen molar-refractivity contribution < 1.29 is 23.8 Å². The topological polar surface area (TPSA) is 61.8 Å². The van der Waals surface area contributed by atoms with Crippen molar-refractivity contribution in [2.45, 2.75) is 33.6 Å². The number of benzene rings is 1. The molecule has 0 aliphatic rings. The number of hydrogen-bond donors (Lipinski definition) is 0. The summed E-state index contributed by atoms with van der Waals surface area (Å²) in [4.78, 5) is 24.1. The Balaban J connectivity index is 3.10. The van der Waals surface area contributed by atoms with Crippen molar-refractivity contribution in [3.05, 3.63) is 29.8 Å². The van der Waals surface area contributed by atoms with Crippen LogP contribution >= 0.6 is 0 Å². The summed E-state index contributed by atoms with van der Waals surface area (Å²) in [6, 6.07) is 7.20. The van der Waals surface area contributed by atoms with Crippen molar-refractivity contribution >= 4 is 11.9 Å². The van der Waals surface area contributed by atoms with Gasteiger partial charge in [0.25, 0.3) is 0 Å². The molecule has 1 atom stereocenters. The van der Waals surface area contributed by atoms with Gasteiger partial charge in [0, 0.05) is 0 Å². The zero-order valence-corrected chi connectivity index (χ0v) is 15.7. The van der Waals surface area contributed by atoms with E-state index in [-0.39, 0.29) is 5.41 Å². The molecule has 5 nitrogen and oxygen atoms in total. The summed E-state index contributed by atoms with van der Waals surface area (Å²) in [6.45, 7) is 8.50. The maximum Gasteiger partial charge on any atom is 0.321 e. The van der Waals surface area contributed by atoms with Crippen LogP contribution in [0.1, 0.15) is 39.2 Å². The molecule has 0 spiro atoms. The second kappa shape index (κ2) is 9.12. The lowest BCUT2D eigenvalue weighted by atomic mass is 9.86. The molecular weight excluding hydrogens is 320 g/mol. The Labute approximate surface area is 149 Å². The normalized spacial score (nSPS) is 12.0. The lowest BCUT2D eigenvalue weighted by Crippen LogP contribution is -2.31. The van der Waals surface area contributed by atoms with Crippen LogP contribution in [0.2, 0.25) is 0 Å². The van der Waals surface area contributed by atoms with Crippen LogP contribution in [0.4, 0.5) is 0 Å². The zero-order valence-electron chi connectivity index (χ0n) is 15.7. The van der Waals surface area contributed by atoms with E-state index in [2.05, 4.69) is 32.6 Å². The van der Waals surface area contributed by atoms with Crippen molar-refractivity contribution in [1.82, 2.24) is 0 Å². The van der Waals surface area contributed by atoms with Gasteiger partial charge in [0.15, 0.2) is 5.92 Å². The van der Waals surface area contributed by atoms with E-state index in [4.69, 9.17) is 14.2 Å². The van der Waals surface area contributed by atoms with Crippen molar-refractivity contribution in [1.29, 1.82) is 0 Å². The molecule has 5 heteroatoms. The molecule has 0 heterocycles. The smallest absolute Gasteiger partial charge is 0.321 e. The standard InChI is InChI=1S/C20H26O5/c1-7-8-16(17(18(21)23-5)19(22)24-6)14-9-11-15(12-10-14)25-13-20(2,3)4/h9-12,16-17H,13H2,1-6H3. The van der Waals surface area contributed by atoms with Gasteiger partial charge in [0.1, 0.15) is 5.75 Å². The quantitative estimate of drug-likeness (QED) is 0.450. The third kappa shape index (κ3) is 6.15. The number of carbonyl (C=O) groups is 2. The first-order chi connectivity index (χ1) is 11.7. The number of rotatable bonds is 6. The first-order valence-electron chi connectivity index (χ1n) is 8.04. The molecule has 1 aromatic carbocycles. The van der Waals surface area contributed by atoms with Crippen LogP contribution in [-0.2, 0) is 19.1 Å². The fourth-order valence-electron chi connectivity index (χ4n) is 2.21. The average molecular weight is 346 g/mol. The predicted molar refractivity (Wildman–Crippen MR) is 95.1 cm³/mol. The summed E-state index contributed by atoms with van der Waals surface area (Å²) in [7, 11) is 2.47. The van der Waals surface area contributed by atoms with Crippen LogP contribution < -0.4 is 4.74 Å². The molecule has 0 aliphatic heterocycles. The highest BCUT2D eigenvalue weighted by Gasteiger charge is 2.37. The van der Waals surface area contributed by atoms with E-state index in [0.29, 0.717) is 6.61 Å². The van der Waals surface area contributed by atoms with Crippen LogP contribution in [0.15, 0.2) is 24.3 Å². The second-order valence-electron chi connectivity index (χ2n) is 6.81. The third-order valence-corrected chi connectivity index (χ3v) is 3.45. The van der Waals surface area contributed by atoms with Crippen LogP contribution in [0.3, 0.4) is 0 Å². The molecule has 136 valence electrons. The fourth-order valence-corrected chi connectivity index (χ4v) is 2.21. The molecule has 1 rings (SSSR count). The van der Waals surface area contributed by atoms with E-state index in [1.54, 1.807) is 31.2 Å². The van der Waals surface area contributed by atoms with Gasteiger partial charge in [0.05, 0.1) is 26.7 Å². The summed E-state index contributed by atoms with van der Waals surface area (Å²) in [5.41, 5.74) is 0.772. The number of ether oxygens (including phenoxy) is 3. The molecule has 0 fully saturated rings.